The molecule has 1 fully saturated rings. The highest BCUT2D eigenvalue weighted by Gasteiger charge is 2.24. The maximum atomic E-state index is 11.0. The number of aliphatic carboxylic acids is 1. The molecule has 0 radical (unpaired) electrons. The lowest BCUT2D eigenvalue weighted by molar-refractivity contribution is -0.143. The van der Waals surface area contributed by atoms with Gasteiger partial charge in [-0.25, -0.2) is 0 Å². The van der Waals surface area contributed by atoms with Gasteiger partial charge in [0.2, 0.25) is 0 Å². The van der Waals surface area contributed by atoms with Crippen LogP contribution in [0.25, 0.3) is 0 Å². The van der Waals surface area contributed by atoms with Crippen LogP contribution in [0.1, 0.15) is 18.4 Å². The number of hydrogen-bond donors (Lipinski definition) is 1. The molecule has 1 heterocycles. The Labute approximate surface area is 114 Å². The fourth-order valence-corrected chi connectivity index (χ4v) is 2.39. The summed E-state index contributed by atoms with van der Waals surface area (Å²) in [6.07, 6.45) is 1.76. The maximum absolute atomic E-state index is 11.0. The first kappa shape index (κ1) is 13.9. The van der Waals surface area contributed by atoms with Crippen molar-refractivity contribution in [2.24, 2.45) is 5.92 Å². The highest BCUT2D eigenvalue weighted by atomic mass is 16.5. The van der Waals surface area contributed by atoms with Crippen LogP contribution in [0.15, 0.2) is 24.3 Å². The van der Waals surface area contributed by atoms with Crippen molar-refractivity contribution in [1.29, 1.82) is 0 Å². The van der Waals surface area contributed by atoms with Crippen molar-refractivity contribution in [3.63, 3.8) is 0 Å². The minimum atomic E-state index is -0.677. The zero-order chi connectivity index (χ0) is 13.7. The summed E-state index contributed by atoms with van der Waals surface area (Å²) in [7, 11) is 0. The summed E-state index contributed by atoms with van der Waals surface area (Å²) in [5.41, 5.74) is 1.22. The summed E-state index contributed by atoms with van der Waals surface area (Å²) in [5, 5.41) is 9.03. The standard InChI is InChI=1S/C15H21NO3/c1-12-4-6-14(7-5-12)19-10-9-16-8-2-3-13(11-16)15(17)18/h4-7,13H,2-3,8-11H2,1H3,(H,17,18). The van der Waals surface area contributed by atoms with E-state index in [0.717, 1.165) is 31.7 Å². The van der Waals surface area contributed by atoms with Crippen molar-refractivity contribution in [3.05, 3.63) is 29.8 Å². The minimum Gasteiger partial charge on any atom is -0.492 e. The van der Waals surface area contributed by atoms with Crippen LogP contribution < -0.4 is 4.74 Å². The van der Waals surface area contributed by atoms with Crippen LogP contribution in [-0.2, 0) is 4.79 Å². The van der Waals surface area contributed by atoms with Crippen molar-refractivity contribution >= 4 is 5.97 Å². The highest BCUT2D eigenvalue weighted by Crippen LogP contribution is 2.16. The van der Waals surface area contributed by atoms with Crippen molar-refractivity contribution in [1.82, 2.24) is 4.90 Å². The molecule has 0 bridgehead atoms. The molecule has 1 aliphatic rings. The molecule has 0 aromatic heterocycles. The first-order valence-corrected chi connectivity index (χ1v) is 6.80. The van der Waals surface area contributed by atoms with Crippen LogP contribution in [0.4, 0.5) is 0 Å². The first-order chi connectivity index (χ1) is 9.15. The smallest absolute Gasteiger partial charge is 0.307 e. The van der Waals surface area contributed by atoms with Crippen molar-refractivity contribution in [2.75, 3.05) is 26.2 Å². The van der Waals surface area contributed by atoms with Crippen LogP contribution in [0.5, 0.6) is 5.75 Å². The number of carbonyl (C=O) groups is 1. The number of nitrogens with zero attached hydrogens (tertiary/aromatic N) is 1. The summed E-state index contributed by atoms with van der Waals surface area (Å²) in [6, 6.07) is 7.98. The van der Waals surface area contributed by atoms with E-state index in [1.807, 2.05) is 31.2 Å². The molecule has 104 valence electrons. The van der Waals surface area contributed by atoms with Gasteiger partial charge in [0.05, 0.1) is 5.92 Å². The average Bonchev–Trinajstić information content (AvgIpc) is 2.41. The first-order valence-electron chi connectivity index (χ1n) is 6.80. The molecule has 4 heteroatoms. The summed E-state index contributed by atoms with van der Waals surface area (Å²) >= 11 is 0. The van der Waals surface area contributed by atoms with Crippen molar-refractivity contribution in [2.45, 2.75) is 19.8 Å². The van der Waals surface area contributed by atoms with Gasteiger partial charge in [-0.3, -0.25) is 9.69 Å². The number of hydrogen-bond acceptors (Lipinski definition) is 3. The molecule has 2 rings (SSSR count). The van der Waals surface area contributed by atoms with Gasteiger partial charge in [0.15, 0.2) is 0 Å². The Balaban J connectivity index is 1.73. The van der Waals surface area contributed by atoms with Gasteiger partial charge in [0.25, 0.3) is 0 Å². The summed E-state index contributed by atoms with van der Waals surface area (Å²) in [4.78, 5) is 13.1. The van der Waals surface area contributed by atoms with Gasteiger partial charge in [0.1, 0.15) is 12.4 Å². The SMILES string of the molecule is Cc1ccc(OCCN2CCCC(C(=O)O)C2)cc1. The Morgan fingerprint density at radius 1 is 1.42 bits per heavy atom. The molecule has 0 spiro atoms. The van der Waals surface area contributed by atoms with Gasteiger partial charge in [0, 0.05) is 13.1 Å². The molecule has 1 saturated heterocycles. The Morgan fingerprint density at radius 2 is 2.16 bits per heavy atom. The molecular formula is C15H21NO3. The van der Waals surface area contributed by atoms with Gasteiger partial charge in [-0.1, -0.05) is 17.7 Å². The topological polar surface area (TPSA) is 49.8 Å². The van der Waals surface area contributed by atoms with E-state index in [1.165, 1.54) is 5.56 Å². The third-order valence-corrected chi connectivity index (χ3v) is 3.55. The van der Waals surface area contributed by atoms with Gasteiger partial charge in [-0.2, -0.15) is 0 Å². The number of carboxylic acids is 1. The van der Waals surface area contributed by atoms with Gasteiger partial charge >= 0.3 is 5.97 Å². The molecule has 0 saturated carbocycles. The van der Waals surface area contributed by atoms with E-state index < -0.39 is 5.97 Å². The zero-order valence-corrected chi connectivity index (χ0v) is 11.3. The lowest BCUT2D eigenvalue weighted by Gasteiger charge is -2.30. The Morgan fingerprint density at radius 3 is 2.84 bits per heavy atom. The third-order valence-electron chi connectivity index (χ3n) is 3.55. The highest BCUT2D eigenvalue weighted by molar-refractivity contribution is 5.70. The second-order valence-corrected chi connectivity index (χ2v) is 5.14. The molecule has 0 amide bonds. The van der Waals surface area contributed by atoms with Gasteiger partial charge in [-0.05, 0) is 38.4 Å². The number of benzene rings is 1. The molecule has 1 unspecified atom stereocenters. The average molecular weight is 263 g/mol. The predicted octanol–water partition coefficient (Wildman–Crippen LogP) is 2.17. The molecule has 1 aromatic carbocycles. The van der Waals surface area contributed by atoms with Crippen LogP contribution in [-0.4, -0.2) is 42.2 Å². The monoisotopic (exact) mass is 263 g/mol. The number of piperidine rings is 1. The van der Waals surface area contributed by atoms with Crippen LogP contribution in [0.2, 0.25) is 0 Å². The summed E-state index contributed by atoms with van der Waals surface area (Å²) in [6.45, 7) is 5.06. The third kappa shape index (κ3) is 4.24. The van der Waals surface area contributed by atoms with E-state index in [9.17, 15) is 4.79 Å². The van der Waals surface area contributed by atoms with E-state index in [1.54, 1.807) is 0 Å². The number of likely N-dealkylation sites (tertiary alicyclic amines) is 1. The molecule has 1 atom stereocenters. The Bertz CT molecular complexity index is 416. The second-order valence-electron chi connectivity index (χ2n) is 5.14. The summed E-state index contributed by atoms with van der Waals surface area (Å²) in [5.74, 6) is -0.0188. The number of rotatable bonds is 5. The van der Waals surface area contributed by atoms with E-state index in [0.29, 0.717) is 13.2 Å². The number of carboxylic acid groups (broad SMARTS) is 1. The molecule has 1 aliphatic heterocycles. The quantitative estimate of drug-likeness (QED) is 0.884. The van der Waals surface area contributed by atoms with E-state index in [2.05, 4.69) is 4.90 Å². The van der Waals surface area contributed by atoms with Crippen molar-refractivity contribution < 1.29 is 14.6 Å². The molecule has 19 heavy (non-hydrogen) atoms. The molecule has 4 nitrogen and oxygen atoms in total. The zero-order valence-electron chi connectivity index (χ0n) is 11.3. The lowest BCUT2D eigenvalue weighted by atomic mass is 9.98. The summed E-state index contributed by atoms with van der Waals surface area (Å²) < 4.78 is 5.67. The van der Waals surface area contributed by atoms with Crippen LogP contribution >= 0.6 is 0 Å². The van der Waals surface area contributed by atoms with Crippen LogP contribution in [0.3, 0.4) is 0 Å². The number of aryl methyl sites for hydroxylation is 1. The fraction of sp³-hybridized carbons (Fsp3) is 0.533. The second kappa shape index (κ2) is 6.57. The largest absolute Gasteiger partial charge is 0.492 e. The van der Waals surface area contributed by atoms with E-state index >= 15 is 0 Å². The van der Waals surface area contributed by atoms with Gasteiger partial charge < -0.3 is 9.84 Å². The minimum absolute atomic E-state index is 0.215. The van der Waals surface area contributed by atoms with E-state index in [-0.39, 0.29) is 5.92 Å². The van der Waals surface area contributed by atoms with E-state index in [4.69, 9.17) is 9.84 Å². The lowest BCUT2D eigenvalue weighted by Crippen LogP contribution is -2.40. The number of ether oxygens (including phenoxy) is 1. The van der Waals surface area contributed by atoms with Gasteiger partial charge in [-0.15, -0.1) is 0 Å². The predicted molar refractivity (Wildman–Crippen MR) is 73.5 cm³/mol. The molecule has 0 aliphatic carbocycles. The fourth-order valence-electron chi connectivity index (χ4n) is 2.39. The molecular weight excluding hydrogens is 242 g/mol. The normalized spacial score (nSPS) is 20.2. The van der Waals surface area contributed by atoms with Crippen LogP contribution in [0, 0.1) is 12.8 Å². The Kier molecular flexibility index (Phi) is 4.80. The molecule has 1 N–H and O–H groups in total. The maximum Gasteiger partial charge on any atom is 0.307 e. The molecule has 1 aromatic rings. The van der Waals surface area contributed by atoms with Crippen molar-refractivity contribution in [3.8, 4) is 5.75 Å². The Hall–Kier alpha value is -1.55.